The van der Waals surface area contributed by atoms with E-state index in [2.05, 4.69) is 20.9 Å². The number of hydrogen-bond donors (Lipinski definition) is 0. The molecule has 2 heterocycles. The molecule has 1 atom stereocenters. The predicted octanol–water partition coefficient (Wildman–Crippen LogP) is 4.39. The Labute approximate surface area is 177 Å². The van der Waals surface area contributed by atoms with E-state index in [9.17, 15) is 9.59 Å². The number of pyridine rings is 1. The summed E-state index contributed by atoms with van der Waals surface area (Å²) < 4.78 is 11.7. The van der Waals surface area contributed by atoms with Crippen molar-refractivity contribution in [1.29, 1.82) is 0 Å². The molecule has 0 fully saturated rings. The van der Waals surface area contributed by atoms with Crippen molar-refractivity contribution in [1.82, 2.24) is 4.98 Å². The molecule has 1 aromatic heterocycles. The van der Waals surface area contributed by atoms with Crippen LogP contribution in [0.2, 0.25) is 0 Å². The third-order valence-corrected chi connectivity index (χ3v) is 5.90. The molecule has 0 spiro atoms. The van der Waals surface area contributed by atoms with Gasteiger partial charge in [-0.15, -0.1) is 0 Å². The number of ketones is 1. The van der Waals surface area contributed by atoms with Crippen molar-refractivity contribution >= 4 is 33.4 Å². The van der Waals surface area contributed by atoms with Crippen LogP contribution < -0.4 is 14.4 Å². The summed E-state index contributed by atoms with van der Waals surface area (Å²) in [6, 6.07) is 9.14. The van der Waals surface area contributed by atoms with Crippen molar-refractivity contribution in [3.8, 4) is 11.5 Å². The van der Waals surface area contributed by atoms with Gasteiger partial charge in [0.15, 0.2) is 5.78 Å². The van der Waals surface area contributed by atoms with Gasteiger partial charge in [-0.2, -0.15) is 0 Å². The summed E-state index contributed by atoms with van der Waals surface area (Å²) in [6.07, 6.45) is 3.73. The monoisotopic (exact) mass is 456 g/mol. The zero-order valence-corrected chi connectivity index (χ0v) is 17.9. The number of carbonyl (C=O) groups is 2. The number of carbonyl (C=O) groups excluding carboxylic acids is 2. The zero-order valence-electron chi connectivity index (χ0n) is 16.3. The first kappa shape index (κ1) is 19.6. The highest BCUT2D eigenvalue weighted by Crippen LogP contribution is 2.45. The fourth-order valence-corrected chi connectivity index (χ4v) is 4.37. The van der Waals surface area contributed by atoms with Gasteiger partial charge < -0.3 is 9.47 Å². The van der Waals surface area contributed by atoms with Crippen molar-refractivity contribution in [2.45, 2.75) is 31.6 Å². The summed E-state index contributed by atoms with van der Waals surface area (Å²) in [7, 11) is 3.17. The van der Waals surface area contributed by atoms with Crippen LogP contribution >= 0.6 is 15.9 Å². The summed E-state index contributed by atoms with van der Waals surface area (Å²) in [5.74, 6) is 1.50. The maximum absolute atomic E-state index is 13.2. The molecule has 0 radical (unpaired) electrons. The molecule has 1 amide bonds. The molecule has 1 aliphatic carbocycles. The summed E-state index contributed by atoms with van der Waals surface area (Å²) in [5, 5.41) is 0. The second kappa shape index (κ2) is 7.99. The first-order valence-corrected chi connectivity index (χ1v) is 10.3. The van der Waals surface area contributed by atoms with Crippen LogP contribution in [0, 0.1) is 0 Å². The molecular formula is C22H21BrN2O4. The van der Waals surface area contributed by atoms with E-state index in [-0.39, 0.29) is 24.0 Å². The Hall–Kier alpha value is -2.67. The first-order chi connectivity index (χ1) is 14.0. The van der Waals surface area contributed by atoms with E-state index < -0.39 is 0 Å². The molecule has 0 saturated carbocycles. The quantitative estimate of drug-likeness (QED) is 0.682. The SMILES string of the molecule is COc1ccc(C2CC(=O)N(c3ccc(Br)cn3)C3=C2C(=O)CCC3)c(OC)c1. The van der Waals surface area contributed by atoms with Gasteiger partial charge in [-0.25, -0.2) is 4.98 Å². The van der Waals surface area contributed by atoms with Crippen molar-refractivity contribution in [2.75, 3.05) is 19.1 Å². The number of rotatable bonds is 4. The molecule has 0 bridgehead atoms. The van der Waals surface area contributed by atoms with Gasteiger partial charge in [-0.3, -0.25) is 14.5 Å². The minimum atomic E-state index is -0.335. The van der Waals surface area contributed by atoms with E-state index >= 15 is 0 Å². The third-order valence-electron chi connectivity index (χ3n) is 5.43. The summed E-state index contributed by atoms with van der Waals surface area (Å²) in [4.78, 5) is 32.2. The Morgan fingerprint density at radius 3 is 2.62 bits per heavy atom. The fraction of sp³-hybridized carbons (Fsp3) is 0.318. The Morgan fingerprint density at radius 2 is 1.93 bits per heavy atom. The van der Waals surface area contributed by atoms with Gasteiger partial charge in [-0.1, -0.05) is 6.07 Å². The number of Topliss-reactive ketones (excluding diaryl/α,β-unsaturated/α-hetero) is 1. The molecule has 2 aliphatic rings. The van der Waals surface area contributed by atoms with Gasteiger partial charge >= 0.3 is 0 Å². The van der Waals surface area contributed by atoms with Crippen LogP contribution in [-0.2, 0) is 9.59 Å². The standard InChI is InChI=1S/C22H21BrN2O4/c1-28-14-7-8-15(19(10-14)29-2)16-11-21(27)25(20-9-6-13(23)12-24-20)17-4-3-5-18(26)22(16)17/h6-10,12,16H,3-5,11H2,1-2H3. The van der Waals surface area contributed by atoms with Gasteiger partial charge in [-0.05, 0) is 47.0 Å². The summed E-state index contributed by atoms with van der Waals surface area (Å²) in [6.45, 7) is 0. The topological polar surface area (TPSA) is 68.7 Å². The molecule has 1 aromatic carbocycles. The maximum Gasteiger partial charge on any atom is 0.233 e. The molecule has 1 aliphatic heterocycles. The highest BCUT2D eigenvalue weighted by Gasteiger charge is 2.41. The molecular weight excluding hydrogens is 436 g/mol. The average molecular weight is 457 g/mol. The smallest absolute Gasteiger partial charge is 0.233 e. The summed E-state index contributed by atoms with van der Waals surface area (Å²) in [5.41, 5.74) is 2.28. The van der Waals surface area contributed by atoms with Crippen LogP contribution in [0.25, 0.3) is 0 Å². The number of benzene rings is 1. The van der Waals surface area contributed by atoms with Crippen LogP contribution in [0.15, 0.2) is 52.3 Å². The molecule has 4 rings (SSSR count). The number of methoxy groups -OCH3 is 2. The lowest BCUT2D eigenvalue weighted by molar-refractivity contribution is -0.120. The van der Waals surface area contributed by atoms with Crippen molar-refractivity contribution in [3.63, 3.8) is 0 Å². The summed E-state index contributed by atoms with van der Waals surface area (Å²) >= 11 is 3.37. The molecule has 0 N–H and O–H groups in total. The van der Waals surface area contributed by atoms with Gasteiger partial charge in [0.2, 0.25) is 5.91 Å². The minimum Gasteiger partial charge on any atom is -0.497 e. The first-order valence-electron chi connectivity index (χ1n) is 9.46. The van der Waals surface area contributed by atoms with E-state index in [4.69, 9.17) is 9.47 Å². The fourth-order valence-electron chi connectivity index (χ4n) is 4.13. The zero-order chi connectivity index (χ0) is 20.5. The normalized spacial score (nSPS) is 19.3. The second-order valence-electron chi connectivity index (χ2n) is 7.07. The Kier molecular flexibility index (Phi) is 5.41. The maximum atomic E-state index is 13.2. The van der Waals surface area contributed by atoms with Crippen molar-refractivity contribution in [2.24, 2.45) is 0 Å². The van der Waals surface area contributed by atoms with E-state index in [1.807, 2.05) is 18.2 Å². The lowest BCUT2D eigenvalue weighted by Crippen LogP contribution is -2.41. The van der Waals surface area contributed by atoms with Gasteiger partial charge in [0.1, 0.15) is 17.3 Å². The number of aromatic nitrogens is 1. The van der Waals surface area contributed by atoms with Crippen LogP contribution in [0.3, 0.4) is 0 Å². The van der Waals surface area contributed by atoms with Crippen LogP contribution in [0.4, 0.5) is 5.82 Å². The number of nitrogens with zero attached hydrogens (tertiary/aromatic N) is 2. The molecule has 0 saturated heterocycles. The number of amides is 1. The van der Waals surface area contributed by atoms with E-state index in [1.54, 1.807) is 37.4 Å². The van der Waals surface area contributed by atoms with E-state index in [0.717, 1.165) is 22.2 Å². The lowest BCUT2D eigenvalue weighted by atomic mass is 9.77. The largest absolute Gasteiger partial charge is 0.497 e. The average Bonchev–Trinajstić information content (AvgIpc) is 2.73. The van der Waals surface area contributed by atoms with Gasteiger partial charge in [0, 0.05) is 52.3 Å². The molecule has 2 aromatic rings. The number of hydrogen-bond acceptors (Lipinski definition) is 5. The molecule has 1 unspecified atom stereocenters. The second-order valence-corrected chi connectivity index (χ2v) is 7.98. The molecule has 7 heteroatoms. The van der Waals surface area contributed by atoms with Crippen molar-refractivity contribution < 1.29 is 19.1 Å². The van der Waals surface area contributed by atoms with Gasteiger partial charge in [0.05, 0.1) is 14.2 Å². The predicted molar refractivity (Wildman–Crippen MR) is 112 cm³/mol. The number of allylic oxidation sites excluding steroid dienone is 2. The number of halogens is 1. The van der Waals surface area contributed by atoms with Crippen LogP contribution in [-0.4, -0.2) is 30.9 Å². The van der Waals surface area contributed by atoms with E-state index in [1.165, 1.54) is 0 Å². The third kappa shape index (κ3) is 3.55. The lowest BCUT2D eigenvalue weighted by Gasteiger charge is -2.38. The minimum absolute atomic E-state index is 0.0730. The van der Waals surface area contributed by atoms with Crippen molar-refractivity contribution in [3.05, 3.63) is 57.8 Å². The van der Waals surface area contributed by atoms with E-state index in [0.29, 0.717) is 35.7 Å². The molecule has 150 valence electrons. The van der Waals surface area contributed by atoms with Crippen LogP contribution in [0.5, 0.6) is 11.5 Å². The highest BCUT2D eigenvalue weighted by molar-refractivity contribution is 9.10. The molecule has 6 nitrogen and oxygen atoms in total. The van der Waals surface area contributed by atoms with Crippen LogP contribution in [0.1, 0.15) is 37.2 Å². The Balaban J connectivity index is 1.85. The number of anilines is 1. The Bertz CT molecular complexity index is 1000. The number of ether oxygens (including phenoxy) is 2. The highest BCUT2D eigenvalue weighted by atomic mass is 79.9. The Morgan fingerprint density at radius 1 is 1.10 bits per heavy atom. The molecule has 29 heavy (non-hydrogen) atoms. The van der Waals surface area contributed by atoms with Gasteiger partial charge in [0.25, 0.3) is 0 Å².